The monoisotopic (exact) mass is 504 g/mol. The standard InChI is InChI=1S/C29H24N6O3/c1-20-26(34-29(36)37-16-13-21-11-14-31-15-12-21)19-35-28(20)27(22(17-30)18-32-35)33-23-7-9-25(10-8-23)38-24-5-3-2-4-6-24/h2-12,14-15,18-19,33H,13,16H2,1H3,(H,34,36). The molecule has 3 aromatic heterocycles. The Balaban J connectivity index is 1.32. The van der Waals surface area contributed by atoms with Crippen LogP contribution in [0.25, 0.3) is 5.52 Å². The Morgan fingerprint density at radius 1 is 1.03 bits per heavy atom. The fraction of sp³-hybridized carbons (Fsp3) is 0.103. The number of benzene rings is 2. The van der Waals surface area contributed by atoms with E-state index in [1.807, 2.05) is 73.7 Å². The Morgan fingerprint density at radius 2 is 1.76 bits per heavy atom. The van der Waals surface area contributed by atoms with Crippen molar-refractivity contribution in [2.75, 3.05) is 17.2 Å². The van der Waals surface area contributed by atoms with Crippen LogP contribution in [0.5, 0.6) is 11.5 Å². The molecule has 0 saturated carbocycles. The van der Waals surface area contributed by atoms with Gasteiger partial charge in [0.25, 0.3) is 0 Å². The predicted molar refractivity (Wildman–Crippen MR) is 144 cm³/mol. The first kappa shape index (κ1) is 24.3. The summed E-state index contributed by atoms with van der Waals surface area (Å²) in [5, 5.41) is 20.2. The van der Waals surface area contributed by atoms with Gasteiger partial charge in [-0.3, -0.25) is 10.3 Å². The number of nitrogens with zero attached hydrogens (tertiary/aromatic N) is 4. The first-order valence-corrected chi connectivity index (χ1v) is 11.9. The van der Waals surface area contributed by atoms with Crippen LogP contribution in [0.1, 0.15) is 16.7 Å². The van der Waals surface area contributed by atoms with Gasteiger partial charge < -0.3 is 14.8 Å². The summed E-state index contributed by atoms with van der Waals surface area (Å²) in [5.74, 6) is 1.44. The number of nitriles is 1. The number of nitrogens with one attached hydrogen (secondary N) is 2. The third-order valence-corrected chi connectivity index (χ3v) is 5.89. The Hall–Kier alpha value is -5.36. The molecule has 0 fully saturated rings. The average molecular weight is 505 g/mol. The maximum atomic E-state index is 12.4. The van der Waals surface area contributed by atoms with E-state index < -0.39 is 6.09 Å². The number of aromatic nitrogens is 3. The summed E-state index contributed by atoms with van der Waals surface area (Å²) in [4.78, 5) is 16.4. The van der Waals surface area contributed by atoms with E-state index in [4.69, 9.17) is 9.47 Å². The van der Waals surface area contributed by atoms with Crippen molar-refractivity contribution in [3.05, 3.63) is 108 Å². The molecule has 2 aromatic carbocycles. The minimum atomic E-state index is -0.568. The summed E-state index contributed by atoms with van der Waals surface area (Å²) in [7, 11) is 0. The van der Waals surface area contributed by atoms with Crippen molar-refractivity contribution in [3.8, 4) is 17.6 Å². The van der Waals surface area contributed by atoms with Crippen molar-refractivity contribution in [3.63, 3.8) is 0 Å². The van der Waals surface area contributed by atoms with Crippen LogP contribution >= 0.6 is 0 Å². The van der Waals surface area contributed by atoms with E-state index in [1.54, 1.807) is 23.1 Å². The Bertz CT molecular complexity index is 1590. The van der Waals surface area contributed by atoms with Crippen molar-refractivity contribution in [1.29, 1.82) is 5.26 Å². The molecule has 0 radical (unpaired) electrons. The van der Waals surface area contributed by atoms with Crippen LogP contribution in [0.3, 0.4) is 0 Å². The molecule has 0 aliphatic heterocycles. The normalized spacial score (nSPS) is 10.5. The van der Waals surface area contributed by atoms with E-state index in [0.717, 1.165) is 22.6 Å². The molecule has 5 rings (SSSR count). The van der Waals surface area contributed by atoms with Crippen LogP contribution in [-0.2, 0) is 11.2 Å². The van der Waals surface area contributed by atoms with E-state index in [2.05, 4.69) is 26.8 Å². The van der Waals surface area contributed by atoms with Gasteiger partial charge >= 0.3 is 6.09 Å². The zero-order valence-corrected chi connectivity index (χ0v) is 20.6. The van der Waals surface area contributed by atoms with Gasteiger partial charge in [0.2, 0.25) is 0 Å². The van der Waals surface area contributed by atoms with Crippen molar-refractivity contribution in [1.82, 2.24) is 14.6 Å². The minimum Gasteiger partial charge on any atom is -0.457 e. The maximum absolute atomic E-state index is 12.4. The number of rotatable bonds is 8. The number of para-hydroxylation sites is 1. The van der Waals surface area contributed by atoms with E-state index >= 15 is 0 Å². The molecule has 1 amide bonds. The highest BCUT2D eigenvalue weighted by atomic mass is 16.5. The van der Waals surface area contributed by atoms with Gasteiger partial charge in [-0.25, -0.2) is 9.31 Å². The number of aryl methyl sites for hydroxylation is 1. The summed E-state index contributed by atoms with van der Waals surface area (Å²) in [6.07, 6.45) is 6.60. The molecule has 0 aliphatic carbocycles. The fourth-order valence-electron chi connectivity index (χ4n) is 3.96. The van der Waals surface area contributed by atoms with Gasteiger partial charge in [-0.1, -0.05) is 18.2 Å². The minimum absolute atomic E-state index is 0.232. The summed E-state index contributed by atoms with van der Waals surface area (Å²) in [5.41, 5.74) is 4.69. The van der Waals surface area contributed by atoms with E-state index in [0.29, 0.717) is 34.6 Å². The number of carbonyl (C=O) groups excluding carboxylic acids is 1. The molecule has 0 aliphatic rings. The summed E-state index contributed by atoms with van der Waals surface area (Å²) in [6.45, 7) is 2.09. The molecule has 0 saturated heterocycles. The molecule has 188 valence electrons. The zero-order valence-electron chi connectivity index (χ0n) is 20.6. The molecular weight excluding hydrogens is 480 g/mol. The predicted octanol–water partition coefficient (Wildman–Crippen LogP) is 6.24. The Labute approximate surface area is 219 Å². The molecule has 5 aromatic rings. The molecule has 0 atom stereocenters. The number of carbonyl (C=O) groups is 1. The van der Waals surface area contributed by atoms with Gasteiger partial charge in [0.05, 0.1) is 41.5 Å². The summed E-state index contributed by atoms with van der Waals surface area (Å²) in [6, 6.07) is 22.9. The lowest BCUT2D eigenvalue weighted by molar-refractivity contribution is 0.163. The number of pyridine rings is 1. The number of hydrogen-bond donors (Lipinski definition) is 2. The molecule has 9 heteroatoms. The SMILES string of the molecule is Cc1c(NC(=O)OCCc2ccncc2)cn2ncc(C#N)c(Nc3ccc(Oc4ccccc4)cc3)c12. The van der Waals surface area contributed by atoms with Gasteiger partial charge in [0.15, 0.2) is 0 Å². The average Bonchev–Trinajstić information content (AvgIpc) is 3.26. The van der Waals surface area contributed by atoms with Crippen molar-refractivity contribution in [2.24, 2.45) is 0 Å². The van der Waals surface area contributed by atoms with Gasteiger partial charge in [-0.2, -0.15) is 10.4 Å². The van der Waals surface area contributed by atoms with E-state index in [-0.39, 0.29) is 6.61 Å². The molecule has 2 N–H and O–H groups in total. The molecule has 0 bridgehead atoms. The van der Waals surface area contributed by atoms with Gasteiger partial charge in [-0.15, -0.1) is 0 Å². The maximum Gasteiger partial charge on any atom is 0.411 e. The summed E-state index contributed by atoms with van der Waals surface area (Å²) >= 11 is 0. The Kier molecular flexibility index (Phi) is 7.13. The second kappa shape index (κ2) is 11.1. The zero-order chi connectivity index (χ0) is 26.3. The van der Waals surface area contributed by atoms with Crippen LogP contribution in [0.4, 0.5) is 21.9 Å². The molecule has 3 heterocycles. The fourth-order valence-corrected chi connectivity index (χ4v) is 3.96. The van der Waals surface area contributed by atoms with Crippen LogP contribution in [0.2, 0.25) is 0 Å². The molecule has 38 heavy (non-hydrogen) atoms. The first-order valence-electron chi connectivity index (χ1n) is 11.9. The second-order valence-corrected chi connectivity index (χ2v) is 8.44. The van der Waals surface area contributed by atoms with Crippen molar-refractivity contribution in [2.45, 2.75) is 13.3 Å². The van der Waals surface area contributed by atoms with Gasteiger partial charge in [0.1, 0.15) is 17.6 Å². The lowest BCUT2D eigenvalue weighted by Crippen LogP contribution is -2.15. The third kappa shape index (κ3) is 5.55. The van der Waals surface area contributed by atoms with E-state index in [1.165, 1.54) is 6.20 Å². The third-order valence-electron chi connectivity index (χ3n) is 5.89. The highest BCUT2D eigenvalue weighted by Gasteiger charge is 2.17. The first-order chi connectivity index (χ1) is 18.6. The van der Waals surface area contributed by atoms with Crippen molar-refractivity contribution < 1.29 is 14.3 Å². The number of fused-ring (bicyclic) bond motifs is 1. The van der Waals surface area contributed by atoms with Crippen LogP contribution in [-0.4, -0.2) is 27.3 Å². The van der Waals surface area contributed by atoms with Crippen LogP contribution in [0.15, 0.2) is 91.5 Å². The lowest BCUT2D eigenvalue weighted by atomic mass is 10.1. The quantitative estimate of drug-likeness (QED) is 0.257. The van der Waals surface area contributed by atoms with Crippen LogP contribution < -0.4 is 15.4 Å². The van der Waals surface area contributed by atoms with E-state index in [9.17, 15) is 10.1 Å². The van der Waals surface area contributed by atoms with Crippen LogP contribution in [0, 0.1) is 18.3 Å². The van der Waals surface area contributed by atoms with Gasteiger partial charge in [-0.05, 0) is 61.0 Å². The van der Waals surface area contributed by atoms with Gasteiger partial charge in [0, 0.05) is 30.1 Å². The smallest absolute Gasteiger partial charge is 0.411 e. The number of amides is 1. The number of ether oxygens (including phenoxy) is 2. The topological polar surface area (TPSA) is 114 Å². The lowest BCUT2D eigenvalue weighted by Gasteiger charge is -2.12. The summed E-state index contributed by atoms with van der Waals surface area (Å²) < 4.78 is 12.8. The second-order valence-electron chi connectivity index (χ2n) is 8.44. The molecule has 0 unspecified atom stereocenters. The number of anilines is 3. The number of hydrogen-bond acceptors (Lipinski definition) is 7. The largest absolute Gasteiger partial charge is 0.457 e. The van der Waals surface area contributed by atoms with Crippen molar-refractivity contribution >= 4 is 28.7 Å². The Morgan fingerprint density at radius 3 is 2.50 bits per heavy atom. The molecular formula is C29H24N6O3. The highest BCUT2D eigenvalue weighted by Crippen LogP contribution is 2.33. The molecule has 0 spiro atoms. The highest BCUT2D eigenvalue weighted by molar-refractivity contribution is 5.92. The molecule has 9 nitrogen and oxygen atoms in total.